The molecule has 3 rings (SSSR count). The number of carbonyl (C=O) groups excluding carboxylic acids is 2. The van der Waals surface area contributed by atoms with Crippen LogP contribution in [0, 0.1) is 10.1 Å². The lowest BCUT2D eigenvalue weighted by atomic mass is 10.0. The summed E-state index contributed by atoms with van der Waals surface area (Å²) in [4.78, 5) is 39.5. The third kappa shape index (κ3) is 7.48. The van der Waals surface area contributed by atoms with Crippen LogP contribution in [0.15, 0.2) is 83.3 Å². The van der Waals surface area contributed by atoms with E-state index in [4.69, 9.17) is 0 Å². The Morgan fingerprint density at radius 1 is 0.971 bits per heavy atom. The lowest BCUT2D eigenvalue weighted by Gasteiger charge is -2.31. The molecule has 0 aromatic heterocycles. The summed E-state index contributed by atoms with van der Waals surface area (Å²) in [5.41, 5.74) is 1.98. The van der Waals surface area contributed by atoms with E-state index in [2.05, 4.69) is 21.2 Å². The van der Waals surface area contributed by atoms with Crippen molar-refractivity contribution in [2.75, 3.05) is 6.54 Å². The van der Waals surface area contributed by atoms with E-state index in [0.717, 1.165) is 22.0 Å². The van der Waals surface area contributed by atoms with Crippen molar-refractivity contribution in [3.8, 4) is 0 Å². The van der Waals surface area contributed by atoms with Crippen LogP contribution >= 0.6 is 15.9 Å². The molecular formula is C27H28BrN3O4. The highest BCUT2D eigenvalue weighted by atomic mass is 79.9. The Kier molecular flexibility index (Phi) is 9.55. The number of hydrogen-bond donors (Lipinski definition) is 1. The normalized spacial score (nSPS) is 11.5. The summed E-state index contributed by atoms with van der Waals surface area (Å²) in [5.74, 6) is -0.599. The van der Waals surface area contributed by atoms with E-state index in [9.17, 15) is 19.7 Å². The van der Waals surface area contributed by atoms with Crippen molar-refractivity contribution in [1.29, 1.82) is 0 Å². The van der Waals surface area contributed by atoms with E-state index < -0.39 is 11.0 Å². The number of benzene rings is 3. The predicted molar refractivity (Wildman–Crippen MR) is 139 cm³/mol. The van der Waals surface area contributed by atoms with Gasteiger partial charge in [-0.15, -0.1) is 0 Å². The van der Waals surface area contributed by atoms with Crippen LogP contribution in [0.2, 0.25) is 0 Å². The summed E-state index contributed by atoms with van der Waals surface area (Å²) >= 11 is 3.42. The van der Waals surface area contributed by atoms with Crippen molar-refractivity contribution < 1.29 is 14.5 Å². The minimum absolute atomic E-state index is 0.112. The Bertz CT molecular complexity index is 1150. The molecule has 3 aromatic rings. The lowest BCUT2D eigenvalue weighted by Crippen LogP contribution is -2.51. The minimum atomic E-state index is -0.775. The van der Waals surface area contributed by atoms with Crippen molar-refractivity contribution in [3.05, 3.63) is 110 Å². The number of nitro benzene ring substituents is 1. The van der Waals surface area contributed by atoms with Crippen LogP contribution in [-0.4, -0.2) is 34.2 Å². The Balaban J connectivity index is 1.99. The second-order valence-corrected chi connectivity index (χ2v) is 9.12. The van der Waals surface area contributed by atoms with Gasteiger partial charge in [0.15, 0.2) is 0 Å². The number of nitrogens with zero attached hydrogens (tertiary/aromatic N) is 2. The monoisotopic (exact) mass is 537 g/mol. The van der Waals surface area contributed by atoms with Crippen molar-refractivity contribution in [2.24, 2.45) is 0 Å². The maximum absolute atomic E-state index is 13.7. The third-order valence-electron chi connectivity index (χ3n) is 5.62. The van der Waals surface area contributed by atoms with Crippen molar-refractivity contribution >= 4 is 33.4 Å². The van der Waals surface area contributed by atoms with Crippen LogP contribution in [0.4, 0.5) is 5.69 Å². The van der Waals surface area contributed by atoms with Gasteiger partial charge in [0.25, 0.3) is 5.69 Å². The van der Waals surface area contributed by atoms with Gasteiger partial charge >= 0.3 is 0 Å². The zero-order chi connectivity index (χ0) is 25.2. The molecule has 7 nitrogen and oxygen atoms in total. The van der Waals surface area contributed by atoms with Crippen molar-refractivity contribution in [3.63, 3.8) is 0 Å². The summed E-state index contributed by atoms with van der Waals surface area (Å²) in [6.07, 6.45) is 0.913. The molecule has 182 valence electrons. The molecule has 0 aliphatic heterocycles. The molecule has 1 atom stereocenters. The van der Waals surface area contributed by atoms with Gasteiger partial charge in [0, 0.05) is 35.6 Å². The standard InChI is InChI=1S/C27H28BrN3O4/c1-2-16-29-27(33)25(17-20-8-4-3-5-9-20)30(19-21-12-14-23(28)15-13-21)26(32)18-22-10-6-7-11-24(22)31(34)35/h3-15,25H,2,16-19H2,1H3,(H,29,33). The molecule has 3 aromatic carbocycles. The number of carbonyl (C=O) groups is 2. The molecule has 0 saturated heterocycles. The van der Waals surface area contributed by atoms with Crippen LogP contribution in [0.5, 0.6) is 0 Å². The number of halogens is 1. The van der Waals surface area contributed by atoms with Crippen molar-refractivity contribution in [2.45, 2.75) is 38.8 Å². The molecule has 0 spiro atoms. The van der Waals surface area contributed by atoms with E-state index >= 15 is 0 Å². The zero-order valence-electron chi connectivity index (χ0n) is 19.5. The summed E-state index contributed by atoms with van der Waals surface area (Å²) in [5, 5.41) is 14.4. The molecule has 0 aliphatic carbocycles. The summed E-state index contributed by atoms with van der Waals surface area (Å²) < 4.78 is 0.903. The number of hydrogen-bond acceptors (Lipinski definition) is 4. The van der Waals surface area contributed by atoms with Gasteiger partial charge < -0.3 is 10.2 Å². The molecule has 1 unspecified atom stereocenters. The fourth-order valence-corrected chi connectivity index (χ4v) is 4.07. The van der Waals surface area contributed by atoms with Crippen LogP contribution in [0.25, 0.3) is 0 Å². The second-order valence-electron chi connectivity index (χ2n) is 8.21. The SMILES string of the molecule is CCCNC(=O)C(Cc1ccccc1)N(Cc1ccc(Br)cc1)C(=O)Cc1ccccc1[N+](=O)[O-]. The van der Waals surface area contributed by atoms with Crippen molar-refractivity contribution in [1.82, 2.24) is 10.2 Å². The molecule has 35 heavy (non-hydrogen) atoms. The number of amides is 2. The maximum atomic E-state index is 13.7. The summed E-state index contributed by atoms with van der Waals surface area (Å²) in [6.45, 7) is 2.66. The van der Waals surface area contributed by atoms with E-state index in [0.29, 0.717) is 18.5 Å². The maximum Gasteiger partial charge on any atom is 0.273 e. The van der Waals surface area contributed by atoms with Crippen LogP contribution in [-0.2, 0) is 29.0 Å². The number of para-hydroxylation sites is 1. The van der Waals surface area contributed by atoms with Gasteiger partial charge in [-0.1, -0.05) is 83.5 Å². The molecule has 0 fully saturated rings. The van der Waals surface area contributed by atoms with Gasteiger partial charge in [-0.2, -0.15) is 0 Å². The van der Waals surface area contributed by atoms with Gasteiger partial charge in [-0.25, -0.2) is 0 Å². The number of nitrogens with one attached hydrogen (secondary N) is 1. The summed E-state index contributed by atoms with van der Waals surface area (Å²) in [6, 6.07) is 22.5. The Morgan fingerprint density at radius 2 is 1.63 bits per heavy atom. The Hall–Kier alpha value is -3.52. The van der Waals surface area contributed by atoms with E-state index in [-0.39, 0.29) is 30.5 Å². The molecular weight excluding hydrogens is 510 g/mol. The van der Waals surface area contributed by atoms with Gasteiger partial charge in [0.05, 0.1) is 11.3 Å². The van der Waals surface area contributed by atoms with Gasteiger partial charge in [0.2, 0.25) is 11.8 Å². The molecule has 0 bridgehead atoms. The number of rotatable bonds is 11. The highest BCUT2D eigenvalue weighted by Gasteiger charge is 2.31. The van der Waals surface area contributed by atoms with Gasteiger partial charge in [-0.05, 0) is 29.7 Å². The quantitative estimate of drug-likeness (QED) is 0.273. The molecule has 1 N–H and O–H groups in total. The van der Waals surface area contributed by atoms with Gasteiger partial charge in [0.1, 0.15) is 6.04 Å². The molecule has 0 saturated carbocycles. The van der Waals surface area contributed by atoms with E-state index in [1.54, 1.807) is 18.2 Å². The number of nitro groups is 1. The molecule has 8 heteroatoms. The first kappa shape index (κ1) is 26.1. The first-order valence-corrected chi connectivity index (χ1v) is 12.3. The predicted octanol–water partition coefficient (Wildman–Crippen LogP) is 5.07. The highest BCUT2D eigenvalue weighted by molar-refractivity contribution is 9.10. The average molecular weight is 538 g/mol. The van der Waals surface area contributed by atoms with E-state index in [1.807, 2.05) is 61.5 Å². The highest BCUT2D eigenvalue weighted by Crippen LogP contribution is 2.22. The third-order valence-corrected chi connectivity index (χ3v) is 6.15. The average Bonchev–Trinajstić information content (AvgIpc) is 2.86. The van der Waals surface area contributed by atoms with E-state index in [1.165, 1.54) is 11.0 Å². The largest absolute Gasteiger partial charge is 0.354 e. The fraction of sp³-hybridized carbons (Fsp3) is 0.259. The van der Waals surface area contributed by atoms with Crippen LogP contribution in [0.3, 0.4) is 0 Å². The minimum Gasteiger partial charge on any atom is -0.354 e. The molecule has 2 amide bonds. The molecule has 0 heterocycles. The molecule has 0 aliphatic rings. The molecule has 0 radical (unpaired) electrons. The topological polar surface area (TPSA) is 92.6 Å². The Morgan fingerprint density at radius 3 is 2.29 bits per heavy atom. The van der Waals surface area contributed by atoms with Gasteiger partial charge in [-0.3, -0.25) is 19.7 Å². The summed E-state index contributed by atoms with van der Waals surface area (Å²) in [7, 11) is 0. The lowest BCUT2D eigenvalue weighted by molar-refractivity contribution is -0.385. The van der Waals surface area contributed by atoms with Crippen LogP contribution in [0.1, 0.15) is 30.0 Å². The zero-order valence-corrected chi connectivity index (χ0v) is 21.1. The van der Waals surface area contributed by atoms with Crippen LogP contribution < -0.4 is 5.32 Å². The first-order chi connectivity index (χ1) is 16.9. The second kappa shape index (κ2) is 12.8. The first-order valence-electron chi connectivity index (χ1n) is 11.5. The fourth-order valence-electron chi connectivity index (χ4n) is 3.81. The smallest absolute Gasteiger partial charge is 0.273 e. The Labute approximate surface area is 213 Å².